The third kappa shape index (κ3) is 3.03. The van der Waals surface area contributed by atoms with E-state index in [1.807, 2.05) is 48.6 Å². The van der Waals surface area contributed by atoms with Crippen molar-refractivity contribution in [3.63, 3.8) is 0 Å². The average molecular weight is 228 g/mol. The van der Waals surface area contributed by atoms with E-state index in [9.17, 15) is 5.21 Å². The minimum Gasteiger partial charge on any atom is -0.594 e. The molecule has 0 saturated carbocycles. The summed E-state index contributed by atoms with van der Waals surface area (Å²) in [5.74, 6) is 0. The molecule has 0 bridgehead atoms. The van der Waals surface area contributed by atoms with Gasteiger partial charge in [-0.3, -0.25) is 0 Å². The third-order valence-electron chi connectivity index (χ3n) is 2.73. The molecule has 1 aliphatic rings. The third-order valence-corrected chi connectivity index (χ3v) is 2.73. The van der Waals surface area contributed by atoms with Gasteiger partial charge in [0.2, 0.25) is 5.70 Å². The first-order chi connectivity index (χ1) is 8.07. The fourth-order valence-electron chi connectivity index (χ4n) is 1.61. The predicted molar refractivity (Wildman–Crippen MR) is 67.8 cm³/mol. The highest BCUT2D eigenvalue weighted by Gasteiger charge is 2.19. The lowest BCUT2D eigenvalue weighted by atomic mass is 9.85. The summed E-state index contributed by atoms with van der Waals surface area (Å²) in [6, 6.07) is 9.24. The Morgan fingerprint density at radius 2 is 1.94 bits per heavy atom. The lowest BCUT2D eigenvalue weighted by Gasteiger charge is -2.20. The molecule has 1 aliphatic carbocycles. The Kier molecular flexibility index (Phi) is 3.09. The molecular weight excluding hydrogens is 212 g/mol. The zero-order valence-corrected chi connectivity index (χ0v) is 10.1. The second-order valence-corrected chi connectivity index (χ2v) is 4.86. The van der Waals surface area contributed by atoms with Crippen molar-refractivity contribution in [2.45, 2.75) is 20.3 Å². The van der Waals surface area contributed by atoms with Crippen LogP contribution < -0.4 is 0 Å². The number of hydroxylamine groups is 1. The van der Waals surface area contributed by atoms with E-state index in [2.05, 4.69) is 19.0 Å². The number of benzene rings is 1. The molecule has 1 aromatic carbocycles. The standard InChI is InChI=1S/C14H16N2O/c1-14(2)10-8-13(9-11-14)16(17)15-12-6-4-3-5-7-12/h3-10H,11H2,1-2H3. The molecule has 0 spiro atoms. The molecule has 0 atom stereocenters. The highest BCUT2D eigenvalue weighted by molar-refractivity contribution is 5.34. The summed E-state index contributed by atoms with van der Waals surface area (Å²) in [6.07, 6.45) is 6.68. The van der Waals surface area contributed by atoms with Gasteiger partial charge < -0.3 is 5.21 Å². The lowest BCUT2D eigenvalue weighted by Crippen LogP contribution is -2.11. The fourth-order valence-corrected chi connectivity index (χ4v) is 1.61. The van der Waals surface area contributed by atoms with Gasteiger partial charge in [-0.1, -0.05) is 43.0 Å². The van der Waals surface area contributed by atoms with Crippen molar-refractivity contribution in [3.05, 3.63) is 59.5 Å². The molecule has 0 amide bonds. The van der Waals surface area contributed by atoms with Crippen molar-refractivity contribution in [1.29, 1.82) is 0 Å². The van der Waals surface area contributed by atoms with E-state index in [0.29, 0.717) is 16.2 Å². The van der Waals surface area contributed by atoms with Gasteiger partial charge in [0.25, 0.3) is 0 Å². The van der Waals surface area contributed by atoms with Crippen LogP contribution in [-0.2, 0) is 0 Å². The van der Waals surface area contributed by atoms with Crippen molar-refractivity contribution in [3.8, 4) is 0 Å². The molecule has 88 valence electrons. The Morgan fingerprint density at radius 3 is 2.53 bits per heavy atom. The van der Waals surface area contributed by atoms with Crippen LogP contribution >= 0.6 is 0 Å². The van der Waals surface area contributed by atoms with Gasteiger partial charge in [-0.05, 0) is 30.0 Å². The molecule has 0 saturated heterocycles. The van der Waals surface area contributed by atoms with Crippen LogP contribution in [0.2, 0.25) is 0 Å². The molecule has 17 heavy (non-hydrogen) atoms. The Morgan fingerprint density at radius 1 is 1.24 bits per heavy atom. The zero-order valence-electron chi connectivity index (χ0n) is 10.1. The highest BCUT2D eigenvalue weighted by Crippen LogP contribution is 2.28. The SMILES string of the molecule is CC1(C)C=CC([N+]([O-])=Nc2ccccc2)=CC1. The molecule has 0 radical (unpaired) electrons. The van der Waals surface area contributed by atoms with Crippen LogP contribution in [0.1, 0.15) is 20.3 Å². The number of allylic oxidation sites excluding steroid dienone is 3. The van der Waals surface area contributed by atoms with Crippen LogP contribution in [0.15, 0.2) is 59.4 Å². The van der Waals surface area contributed by atoms with Gasteiger partial charge >= 0.3 is 0 Å². The normalized spacial score (nSPS) is 18.9. The van der Waals surface area contributed by atoms with E-state index < -0.39 is 0 Å². The Bertz CT molecular complexity index is 484. The quantitative estimate of drug-likeness (QED) is 0.425. The summed E-state index contributed by atoms with van der Waals surface area (Å²) in [7, 11) is 0. The average Bonchev–Trinajstić information content (AvgIpc) is 2.30. The van der Waals surface area contributed by atoms with Crippen LogP contribution in [0, 0.1) is 10.6 Å². The molecule has 0 heterocycles. The maximum atomic E-state index is 11.8. The second kappa shape index (κ2) is 4.53. The molecule has 0 fully saturated rings. The molecule has 1 aromatic rings. The number of azo groups is 1. The van der Waals surface area contributed by atoms with Crippen molar-refractivity contribution in [1.82, 2.24) is 0 Å². The first-order valence-corrected chi connectivity index (χ1v) is 5.70. The Hall–Kier alpha value is -1.90. The Balaban J connectivity index is 2.18. The number of hydrogen-bond acceptors (Lipinski definition) is 2. The summed E-state index contributed by atoms with van der Waals surface area (Å²) >= 11 is 0. The van der Waals surface area contributed by atoms with Crippen molar-refractivity contribution < 1.29 is 4.86 Å². The van der Waals surface area contributed by atoms with Crippen molar-refractivity contribution >= 4 is 5.69 Å². The van der Waals surface area contributed by atoms with Gasteiger partial charge in [-0.2, -0.15) is 0 Å². The highest BCUT2D eigenvalue weighted by atomic mass is 16.5. The molecule has 0 aromatic heterocycles. The van der Waals surface area contributed by atoms with E-state index in [1.54, 1.807) is 0 Å². The molecule has 0 unspecified atom stereocenters. The van der Waals surface area contributed by atoms with Crippen LogP contribution in [-0.4, -0.2) is 4.86 Å². The number of nitrogens with zero attached hydrogens (tertiary/aromatic N) is 2. The van der Waals surface area contributed by atoms with Gasteiger partial charge in [0.1, 0.15) is 5.69 Å². The van der Waals surface area contributed by atoms with Gasteiger partial charge in [0, 0.05) is 11.2 Å². The van der Waals surface area contributed by atoms with Gasteiger partial charge in [0.15, 0.2) is 0 Å². The molecule has 2 rings (SSSR count). The predicted octanol–water partition coefficient (Wildman–Crippen LogP) is 4.15. The summed E-state index contributed by atoms with van der Waals surface area (Å²) in [4.78, 5) is 0.682. The first kappa shape index (κ1) is 11.6. The summed E-state index contributed by atoms with van der Waals surface area (Å²) in [6.45, 7) is 4.28. The van der Waals surface area contributed by atoms with Gasteiger partial charge in [0.05, 0.1) is 0 Å². The van der Waals surface area contributed by atoms with Crippen LogP contribution in [0.3, 0.4) is 0 Å². The summed E-state index contributed by atoms with van der Waals surface area (Å²) in [5.41, 5.74) is 1.41. The molecule has 3 heteroatoms. The molecular formula is C14H16N2O. The molecule has 0 N–H and O–H groups in total. The topological polar surface area (TPSA) is 38.4 Å². The molecule has 3 nitrogen and oxygen atoms in total. The van der Waals surface area contributed by atoms with E-state index in [1.165, 1.54) is 0 Å². The van der Waals surface area contributed by atoms with E-state index in [0.717, 1.165) is 6.42 Å². The summed E-state index contributed by atoms with van der Waals surface area (Å²) < 4.78 is 0. The van der Waals surface area contributed by atoms with Crippen molar-refractivity contribution in [2.24, 2.45) is 10.5 Å². The van der Waals surface area contributed by atoms with E-state index in [4.69, 9.17) is 0 Å². The van der Waals surface area contributed by atoms with Crippen LogP contribution in [0.25, 0.3) is 0 Å². The largest absolute Gasteiger partial charge is 0.594 e. The zero-order chi connectivity index (χ0) is 12.3. The van der Waals surface area contributed by atoms with Crippen LogP contribution in [0.4, 0.5) is 5.69 Å². The first-order valence-electron chi connectivity index (χ1n) is 5.70. The monoisotopic (exact) mass is 228 g/mol. The minimum atomic E-state index is 0.136. The fraction of sp³-hybridized carbons (Fsp3) is 0.286. The van der Waals surface area contributed by atoms with E-state index >= 15 is 0 Å². The summed E-state index contributed by atoms with van der Waals surface area (Å²) in [5, 5.41) is 15.8. The smallest absolute Gasteiger partial charge is 0.240 e. The maximum Gasteiger partial charge on any atom is 0.240 e. The van der Waals surface area contributed by atoms with Crippen molar-refractivity contribution in [2.75, 3.05) is 0 Å². The Labute approximate surface area is 101 Å². The minimum absolute atomic E-state index is 0.136. The van der Waals surface area contributed by atoms with Crippen LogP contribution in [0.5, 0.6) is 0 Å². The molecule has 0 aliphatic heterocycles. The van der Waals surface area contributed by atoms with Gasteiger partial charge in [-0.15, -0.1) is 0 Å². The maximum absolute atomic E-state index is 11.8. The second-order valence-electron chi connectivity index (χ2n) is 4.86. The number of hydrogen-bond donors (Lipinski definition) is 0. The lowest BCUT2D eigenvalue weighted by molar-refractivity contribution is -0.468. The number of rotatable bonds is 2. The van der Waals surface area contributed by atoms with E-state index in [-0.39, 0.29) is 5.41 Å². The van der Waals surface area contributed by atoms with Gasteiger partial charge in [-0.25, -0.2) is 0 Å².